The van der Waals surface area contributed by atoms with Gasteiger partial charge in [-0.25, -0.2) is 0 Å². The van der Waals surface area contributed by atoms with Gasteiger partial charge < -0.3 is 9.47 Å². The summed E-state index contributed by atoms with van der Waals surface area (Å²) in [6, 6.07) is 0. The molecule has 0 bridgehead atoms. The third-order valence-electron chi connectivity index (χ3n) is 2.32. The summed E-state index contributed by atoms with van der Waals surface area (Å²) in [6.07, 6.45) is 2.58. The SMILES string of the molecule is COCCCC(=O)c1c(Cl)cnn1CCOC. The van der Waals surface area contributed by atoms with Crippen molar-refractivity contribution in [1.82, 2.24) is 9.78 Å². The zero-order valence-electron chi connectivity index (χ0n) is 10.1. The number of aromatic nitrogens is 2. The van der Waals surface area contributed by atoms with Gasteiger partial charge >= 0.3 is 0 Å². The van der Waals surface area contributed by atoms with Gasteiger partial charge in [0.2, 0.25) is 0 Å². The summed E-state index contributed by atoms with van der Waals surface area (Å²) < 4.78 is 11.4. The first-order valence-corrected chi connectivity index (χ1v) is 5.81. The van der Waals surface area contributed by atoms with Crippen molar-refractivity contribution in [1.29, 1.82) is 0 Å². The topological polar surface area (TPSA) is 53.3 Å². The maximum Gasteiger partial charge on any atom is 0.182 e. The van der Waals surface area contributed by atoms with Crippen molar-refractivity contribution in [2.45, 2.75) is 19.4 Å². The monoisotopic (exact) mass is 260 g/mol. The van der Waals surface area contributed by atoms with E-state index in [9.17, 15) is 4.79 Å². The number of nitrogens with zero attached hydrogens (tertiary/aromatic N) is 2. The Balaban J connectivity index is 2.66. The van der Waals surface area contributed by atoms with Gasteiger partial charge in [-0.3, -0.25) is 9.48 Å². The Hall–Kier alpha value is -0.910. The first kappa shape index (κ1) is 14.2. The van der Waals surface area contributed by atoms with E-state index in [1.807, 2.05) is 0 Å². The Kier molecular flexibility index (Phi) is 6.18. The van der Waals surface area contributed by atoms with Crippen molar-refractivity contribution in [3.05, 3.63) is 16.9 Å². The number of methoxy groups -OCH3 is 2. The molecule has 0 aliphatic rings. The summed E-state index contributed by atoms with van der Waals surface area (Å²) >= 11 is 5.96. The third-order valence-corrected chi connectivity index (χ3v) is 2.60. The zero-order valence-corrected chi connectivity index (χ0v) is 10.9. The number of carbonyl (C=O) groups excluding carboxylic acids is 1. The lowest BCUT2D eigenvalue weighted by molar-refractivity contribution is 0.0949. The molecule has 0 saturated carbocycles. The first-order valence-electron chi connectivity index (χ1n) is 5.43. The van der Waals surface area contributed by atoms with Gasteiger partial charge in [-0.2, -0.15) is 5.10 Å². The molecule has 0 aliphatic heterocycles. The van der Waals surface area contributed by atoms with Crippen molar-refractivity contribution in [3.8, 4) is 0 Å². The van der Waals surface area contributed by atoms with E-state index in [0.29, 0.717) is 43.3 Å². The molecule has 0 unspecified atom stereocenters. The molecule has 1 aromatic heterocycles. The van der Waals surface area contributed by atoms with Crippen molar-refractivity contribution in [3.63, 3.8) is 0 Å². The fourth-order valence-corrected chi connectivity index (χ4v) is 1.73. The minimum atomic E-state index is -0.0133. The van der Waals surface area contributed by atoms with E-state index in [4.69, 9.17) is 21.1 Å². The van der Waals surface area contributed by atoms with E-state index >= 15 is 0 Å². The van der Waals surface area contributed by atoms with Crippen LogP contribution in [0.5, 0.6) is 0 Å². The number of ketones is 1. The molecule has 1 aromatic rings. The second-order valence-electron chi connectivity index (χ2n) is 3.58. The molecule has 5 nitrogen and oxygen atoms in total. The van der Waals surface area contributed by atoms with Gasteiger partial charge in [0.1, 0.15) is 5.69 Å². The first-order chi connectivity index (χ1) is 8.20. The number of rotatable bonds is 8. The van der Waals surface area contributed by atoms with Crippen molar-refractivity contribution in [2.75, 3.05) is 27.4 Å². The van der Waals surface area contributed by atoms with Crippen molar-refractivity contribution < 1.29 is 14.3 Å². The lowest BCUT2D eigenvalue weighted by atomic mass is 10.2. The summed E-state index contributed by atoms with van der Waals surface area (Å²) in [4.78, 5) is 11.9. The average molecular weight is 261 g/mol. The summed E-state index contributed by atoms with van der Waals surface area (Å²) in [6.45, 7) is 1.58. The van der Waals surface area contributed by atoms with Crippen LogP contribution in [0, 0.1) is 0 Å². The van der Waals surface area contributed by atoms with E-state index in [0.717, 1.165) is 0 Å². The van der Waals surface area contributed by atoms with Crippen molar-refractivity contribution in [2.24, 2.45) is 0 Å². The third kappa shape index (κ3) is 4.11. The van der Waals surface area contributed by atoms with Crippen LogP contribution in [0.2, 0.25) is 5.02 Å². The van der Waals surface area contributed by atoms with E-state index in [2.05, 4.69) is 5.10 Å². The van der Waals surface area contributed by atoms with Crippen LogP contribution in [0.1, 0.15) is 23.3 Å². The average Bonchev–Trinajstić information content (AvgIpc) is 2.68. The summed E-state index contributed by atoms with van der Waals surface area (Å²) in [5, 5.41) is 4.45. The molecular weight excluding hydrogens is 244 g/mol. The molecular formula is C11H17ClN2O3. The molecule has 1 rings (SSSR count). The normalized spacial score (nSPS) is 10.8. The lowest BCUT2D eigenvalue weighted by Gasteiger charge is -2.06. The molecule has 0 radical (unpaired) electrons. The summed E-state index contributed by atoms with van der Waals surface area (Å²) in [7, 11) is 3.21. The number of carbonyl (C=O) groups is 1. The highest BCUT2D eigenvalue weighted by atomic mass is 35.5. The zero-order chi connectivity index (χ0) is 12.7. The smallest absolute Gasteiger partial charge is 0.182 e. The maximum atomic E-state index is 11.9. The van der Waals surface area contributed by atoms with Gasteiger partial charge in [-0.15, -0.1) is 0 Å². The number of halogens is 1. The van der Waals surface area contributed by atoms with E-state index in [1.165, 1.54) is 6.20 Å². The fourth-order valence-electron chi connectivity index (χ4n) is 1.48. The van der Waals surface area contributed by atoms with Crippen LogP contribution in [0.4, 0.5) is 0 Å². The predicted octanol–water partition coefficient (Wildman–Crippen LogP) is 1.79. The van der Waals surface area contributed by atoms with Crippen LogP contribution in [-0.4, -0.2) is 43.0 Å². The molecule has 0 fully saturated rings. The largest absolute Gasteiger partial charge is 0.385 e. The van der Waals surface area contributed by atoms with Gasteiger partial charge in [0, 0.05) is 27.2 Å². The lowest BCUT2D eigenvalue weighted by Crippen LogP contribution is -2.14. The Morgan fingerprint density at radius 1 is 1.41 bits per heavy atom. The fraction of sp³-hybridized carbons (Fsp3) is 0.636. The predicted molar refractivity (Wildman–Crippen MR) is 64.6 cm³/mol. The number of hydrogen-bond acceptors (Lipinski definition) is 4. The van der Waals surface area contributed by atoms with Crippen LogP contribution in [0.25, 0.3) is 0 Å². The minimum absolute atomic E-state index is 0.0133. The van der Waals surface area contributed by atoms with Gasteiger partial charge in [0.05, 0.1) is 24.4 Å². The quantitative estimate of drug-likeness (QED) is 0.528. The molecule has 0 aliphatic carbocycles. The molecule has 0 saturated heterocycles. The van der Waals surface area contributed by atoms with Crippen LogP contribution in [-0.2, 0) is 16.0 Å². The van der Waals surface area contributed by atoms with Gasteiger partial charge in [-0.1, -0.05) is 11.6 Å². The van der Waals surface area contributed by atoms with Crippen LogP contribution >= 0.6 is 11.6 Å². The van der Waals surface area contributed by atoms with Crippen LogP contribution in [0.3, 0.4) is 0 Å². The van der Waals surface area contributed by atoms with Crippen molar-refractivity contribution >= 4 is 17.4 Å². The molecule has 0 N–H and O–H groups in total. The van der Waals surface area contributed by atoms with E-state index in [1.54, 1.807) is 18.9 Å². The highest BCUT2D eigenvalue weighted by Crippen LogP contribution is 2.17. The van der Waals surface area contributed by atoms with E-state index < -0.39 is 0 Å². The Bertz CT molecular complexity index is 366. The van der Waals surface area contributed by atoms with Gasteiger partial charge in [0.25, 0.3) is 0 Å². The standard InChI is InChI=1S/C11H17ClN2O3/c1-16-6-3-4-10(15)11-9(12)8-13-14(11)5-7-17-2/h8H,3-7H2,1-2H3. The molecule has 0 spiro atoms. The molecule has 0 amide bonds. The molecule has 0 atom stereocenters. The van der Waals surface area contributed by atoms with Gasteiger partial charge in [-0.05, 0) is 6.42 Å². The summed E-state index contributed by atoms with van der Waals surface area (Å²) in [5.74, 6) is -0.0133. The van der Waals surface area contributed by atoms with E-state index in [-0.39, 0.29) is 5.78 Å². The highest BCUT2D eigenvalue weighted by molar-refractivity contribution is 6.33. The second-order valence-corrected chi connectivity index (χ2v) is 3.98. The molecule has 1 heterocycles. The molecule has 17 heavy (non-hydrogen) atoms. The molecule has 96 valence electrons. The Morgan fingerprint density at radius 2 is 2.12 bits per heavy atom. The van der Waals surface area contributed by atoms with Crippen LogP contribution < -0.4 is 0 Å². The number of ether oxygens (including phenoxy) is 2. The molecule has 0 aromatic carbocycles. The maximum absolute atomic E-state index is 11.9. The minimum Gasteiger partial charge on any atom is -0.385 e. The second kappa shape index (κ2) is 7.42. The summed E-state index contributed by atoms with van der Waals surface area (Å²) in [5.41, 5.74) is 0.458. The number of hydrogen-bond donors (Lipinski definition) is 0. The Labute approximate surface area is 106 Å². The molecule has 6 heteroatoms. The van der Waals surface area contributed by atoms with Crippen LogP contribution in [0.15, 0.2) is 6.20 Å². The Morgan fingerprint density at radius 3 is 2.76 bits per heavy atom. The van der Waals surface area contributed by atoms with Gasteiger partial charge in [0.15, 0.2) is 5.78 Å². The highest BCUT2D eigenvalue weighted by Gasteiger charge is 2.16. The number of Topliss-reactive ketones (excluding diaryl/α,β-unsaturated/α-hetero) is 1.